The highest BCUT2D eigenvalue weighted by Crippen LogP contribution is 2.42. The lowest BCUT2D eigenvalue weighted by atomic mass is 9.92. The van der Waals surface area contributed by atoms with E-state index in [4.69, 9.17) is 11.6 Å². The first kappa shape index (κ1) is 13.2. The molecule has 0 spiro atoms. The highest BCUT2D eigenvalue weighted by molar-refractivity contribution is 7.99. The average Bonchev–Trinajstić information content (AvgIpc) is 2.29. The molecule has 0 fully saturated rings. The Balaban J connectivity index is 2.44. The monoisotopic (exact) mass is 273 g/mol. The van der Waals surface area contributed by atoms with E-state index in [0.717, 1.165) is 16.9 Å². The Morgan fingerprint density at radius 1 is 1.47 bits per heavy atom. The predicted octanol–water partition coefficient (Wildman–Crippen LogP) is 4.01. The van der Waals surface area contributed by atoms with Gasteiger partial charge in [0, 0.05) is 17.0 Å². The summed E-state index contributed by atoms with van der Waals surface area (Å²) in [4.78, 5) is 0. The fourth-order valence-corrected chi connectivity index (χ4v) is 4.03. The van der Waals surface area contributed by atoms with Crippen LogP contribution in [0.3, 0.4) is 0 Å². The van der Waals surface area contributed by atoms with E-state index in [9.17, 15) is 4.39 Å². The number of fused-ring (bicyclic) bond motifs is 1. The lowest BCUT2D eigenvalue weighted by Gasteiger charge is -2.35. The van der Waals surface area contributed by atoms with Gasteiger partial charge in [0.2, 0.25) is 0 Å². The first-order chi connectivity index (χ1) is 8.04. The van der Waals surface area contributed by atoms with Crippen molar-refractivity contribution in [2.75, 3.05) is 7.05 Å². The second-order valence-electron chi connectivity index (χ2n) is 4.75. The Morgan fingerprint density at radius 2 is 2.18 bits per heavy atom. The molecule has 0 aliphatic carbocycles. The SMILES string of the molecule is CNC1c2cc(Cl)c(F)cc2CSC1C(C)C. The number of thioether (sulfide) groups is 1. The van der Waals surface area contributed by atoms with Crippen molar-refractivity contribution in [3.05, 3.63) is 34.1 Å². The summed E-state index contributed by atoms with van der Waals surface area (Å²) in [5, 5.41) is 4.07. The van der Waals surface area contributed by atoms with Crippen LogP contribution in [0, 0.1) is 11.7 Å². The van der Waals surface area contributed by atoms with Crippen molar-refractivity contribution < 1.29 is 4.39 Å². The lowest BCUT2D eigenvalue weighted by Crippen LogP contribution is -2.34. The zero-order valence-corrected chi connectivity index (χ0v) is 11.8. The van der Waals surface area contributed by atoms with Gasteiger partial charge in [-0.2, -0.15) is 11.8 Å². The van der Waals surface area contributed by atoms with Crippen molar-refractivity contribution in [3.63, 3.8) is 0 Å². The molecular weight excluding hydrogens is 257 g/mol. The summed E-state index contributed by atoms with van der Waals surface area (Å²) in [6.45, 7) is 4.44. The first-order valence-electron chi connectivity index (χ1n) is 5.81. The molecule has 1 N–H and O–H groups in total. The maximum absolute atomic E-state index is 13.4. The van der Waals surface area contributed by atoms with Crippen LogP contribution in [0.25, 0.3) is 0 Å². The van der Waals surface area contributed by atoms with Crippen LogP contribution in [0.4, 0.5) is 4.39 Å². The maximum atomic E-state index is 13.4. The molecule has 2 atom stereocenters. The summed E-state index contributed by atoms with van der Waals surface area (Å²) in [6.07, 6.45) is 0. The van der Waals surface area contributed by atoms with Gasteiger partial charge in [-0.05, 0) is 36.2 Å². The normalized spacial score (nSPS) is 23.9. The molecule has 1 aliphatic rings. The Bertz CT molecular complexity index is 422. The van der Waals surface area contributed by atoms with Gasteiger partial charge in [-0.25, -0.2) is 4.39 Å². The minimum atomic E-state index is -0.316. The zero-order valence-electron chi connectivity index (χ0n) is 10.3. The van der Waals surface area contributed by atoms with Gasteiger partial charge in [0.25, 0.3) is 0 Å². The molecule has 1 aromatic rings. The molecule has 0 aromatic heterocycles. The standard InChI is InChI=1S/C13H17ClFNS/c1-7(2)13-12(16-3)9-5-10(14)11(15)4-8(9)6-17-13/h4-5,7,12-13,16H,6H2,1-3H3. The van der Waals surface area contributed by atoms with Gasteiger partial charge in [-0.15, -0.1) is 0 Å². The quantitative estimate of drug-likeness (QED) is 0.874. The molecule has 0 radical (unpaired) electrons. The zero-order chi connectivity index (χ0) is 12.6. The van der Waals surface area contributed by atoms with E-state index in [1.807, 2.05) is 18.8 Å². The molecule has 1 heterocycles. The Morgan fingerprint density at radius 3 is 2.76 bits per heavy atom. The van der Waals surface area contributed by atoms with Crippen LogP contribution in [-0.4, -0.2) is 12.3 Å². The molecule has 1 nitrogen and oxygen atoms in total. The van der Waals surface area contributed by atoms with E-state index in [1.54, 1.807) is 12.1 Å². The average molecular weight is 274 g/mol. The highest BCUT2D eigenvalue weighted by Gasteiger charge is 2.31. The van der Waals surface area contributed by atoms with E-state index in [-0.39, 0.29) is 16.9 Å². The molecule has 2 rings (SSSR count). The van der Waals surface area contributed by atoms with Gasteiger partial charge in [-0.1, -0.05) is 25.4 Å². The van der Waals surface area contributed by atoms with Crippen molar-refractivity contribution in [3.8, 4) is 0 Å². The molecule has 0 bridgehead atoms. The Labute approximate surface area is 111 Å². The van der Waals surface area contributed by atoms with Crippen molar-refractivity contribution in [2.24, 2.45) is 5.92 Å². The van der Waals surface area contributed by atoms with Gasteiger partial charge in [0.1, 0.15) is 5.82 Å². The summed E-state index contributed by atoms with van der Waals surface area (Å²) in [5.74, 6) is 1.13. The number of hydrogen-bond acceptors (Lipinski definition) is 2. The molecule has 0 saturated heterocycles. The molecule has 4 heteroatoms. The smallest absolute Gasteiger partial charge is 0.142 e. The van der Waals surface area contributed by atoms with Gasteiger partial charge >= 0.3 is 0 Å². The van der Waals surface area contributed by atoms with Gasteiger partial charge < -0.3 is 5.32 Å². The third-order valence-corrected chi connectivity index (χ3v) is 5.21. The van der Waals surface area contributed by atoms with Crippen LogP contribution >= 0.6 is 23.4 Å². The molecule has 1 aliphatic heterocycles. The number of halogens is 2. The van der Waals surface area contributed by atoms with E-state index < -0.39 is 0 Å². The Kier molecular flexibility index (Phi) is 4.01. The third kappa shape index (κ3) is 2.47. The Hall–Kier alpha value is -0.250. The molecule has 94 valence electrons. The fourth-order valence-electron chi connectivity index (χ4n) is 2.37. The highest BCUT2D eigenvalue weighted by atomic mass is 35.5. The second-order valence-corrected chi connectivity index (χ2v) is 6.32. The number of rotatable bonds is 2. The summed E-state index contributed by atoms with van der Waals surface area (Å²) in [6, 6.07) is 3.61. The fraction of sp³-hybridized carbons (Fsp3) is 0.538. The van der Waals surface area contributed by atoms with Crippen LogP contribution in [0.1, 0.15) is 31.0 Å². The molecule has 0 amide bonds. The van der Waals surface area contributed by atoms with Gasteiger partial charge in [-0.3, -0.25) is 0 Å². The molecule has 1 aromatic carbocycles. The number of nitrogens with one attached hydrogen (secondary N) is 1. The summed E-state index contributed by atoms with van der Waals surface area (Å²) in [7, 11) is 1.95. The van der Waals surface area contributed by atoms with E-state index in [2.05, 4.69) is 19.2 Å². The van der Waals surface area contributed by atoms with Crippen molar-refractivity contribution in [1.29, 1.82) is 0 Å². The summed E-state index contributed by atoms with van der Waals surface area (Å²) >= 11 is 7.77. The minimum absolute atomic E-state index is 0.221. The van der Waals surface area contributed by atoms with Crippen molar-refractivity contribution in [2.45, 2.75) is 30.9 Å². The summed E-state index contributed by atoms with van der Waals surface area (Å²) in [5.41, 5.74) is 2.21. The minimum Gasteiger partial charge on any atom is -0.312 e. The van der Waals surface area contributed by atoms with Crippen LogP contribution in [0.15, 0.2) is 12.1 Å². The van der Waals surface area contributed by atoms with Crippen LogP contribution < -0.4 is 5.32 Å². The van der Waals surface area contributed by atoms with E-state index >= 15 is 0 Å². The van der Waals surface area contributed by atoms with Crippen molar-refractivity contribution >= 4 is 23.4 Å². The predicted molar refractivity (Wildman–Crippen MR) is 73.1 cm³/mol. The first-order valence-corrected chi connectivity index (χ1v) is 7.24. The lowest BCUT2D eigenvalue weighted by molar-refractivity contribution is 0.465. The van der Waals surface area contributed by atoms with Crippen molar-refractivity contribution in [1.82, 2.24) is 5.32 Å². The van der Waals surface area contributed by atoms with Crippen LogP contribution in [-0.2, 0) is 5.75 Å². The van der Waals surface area contributed by atoms with Gasteiger partial charge in [0.05, 0.1) is 5.02 Å². The topological polar surface area (TPSA) is 12.0 Å². The number of benzene rings is 1. The summed E-state index contributed by atoms with van der Waals surface area (Å²) < 4.78 is 13.4. The third-order valence-electron chi connectivity index (χ3n) is 3.25. The molecular formula is C13H17ClFNS. The number of hydrogen-bond donors (Lipinski definition) is 1. The molecule has 17 heavy (non-hydrogen) atoms. The van der Waals surface area contributed by atoms with E-state index in [1.165, 1.54) is 0 Å². The van der Waals surface area contributed by atoms with Crippen LogP contribution in [0.5, 0.6) is 0 Å². The largest absolute Gasteiger partial charge is 0.312 e. The van der Waals surface area contributed by atoms with Crippen LogP contribution in [0.2, 0.25) is 5.02 Å². The second kappa shape index (κ2) is 5.17. The van der Waals surface area contributed by atoms with Gasteiger partial charge in [0.15, 0.2) is 0 Å². The molecule has 2 unspecified atom stereocenters. The molecule has 0 saturated carbocycles. The maximum Gasteiger partial charge on any atom is 0.142 e. The van der Waals surface area contributed by atoms with E-state index in [0.29, 0.717) is 11.2 Å².